The van der Waals surface area contributed by atoms with Crippen LogP contribution >= 0.6 is 0 Å². The van der Waals surface area contributed by atoms with Crippen molar-refractivity contribution in [3.8, 4) is 0 Å². The van der Waals surface area contributed by atoms with Gasteiger partial charge < -0.3 is 10.6 Å². The molecule has 1 aliphatic carbocycles. The Hall–Kier alpha value is -1.27. The summed E-state index contributed by atoms with van der Waals surface area (Å²) in [5.74, 6) is 1.44. The normalized spacial score (nSPS) is 22.8. The molecule has 0 heterocycles. The van der Waals surface area contributed by atoms with Gasteiger partial charge in [0.2, 0.25) is 10.0 Å². The number of sulfonamides is 1. The first-order valence-corrected chi connectivity index (χ1v) is 7.46. The zero-order valence-corrected chi connectivity index (χ0v) is 11.4. The van der Waals surface area contributed by atoms with Gasteiger partial charge in [-0.25, -0.2) is 13.6 Å². The summed E-state index contributed by atoms with van der Waals surface area (Å²) in [4.78, 5) is 2.09. The summed E-state index contributed by atoms with van der Waals surface area (Å²) in [6.07, 6.45) is 1.23. The molecule has 2 atom stereocenters. The number of primary sulfonamides is 1. The summed E-state index contributed by atoms with van der Waals surface area (Å²) in [5, 5.41) is 5.13. The lowest BCUT2D eigenvalue weighted by Gasteiger charge is -2.20. The SMILES string of the molecule is CC1CC1CN(C)c1cc(N)cc(S(N)(=O)=O)c1. The Kier molecular flexibility index (Phi) is 3.25. The van der Waals surface area contributed by atoms with Crippen molar-refractivity contribution in [1.29, 1.82) is 0 Å². The summed E-state index contributed by atoms with van der Waals surface area (Å²) in [5.41, 5.74) is 6.92. The summed E-state index contributed by atoms with van der Waals surface area (Å²) in [6.45, 7) is 3.13. The first-order chi connectivity index (χ1) is 8.27. The maximum atomic E-state index is 11.4. The second-order valence-electron chi connectivity index (χ2n) is 5.16. The van der Waals surface area contributed by atoms with Crippen molar-refractivity contribution in [2.45, 2.75) is 18.2 Å². The van der Waals surface area contributed by atoms with E-state index in [1.54, 1.807) is 12.1 Å². The Morgan fingerprint density at radius 1 is 1.39 bits per heavy atom. The van der Waals surface area contributed by atoms with Gasteiger partial charge in [-0.3, -0.25) is 0 Å². The summed E-state index contributed by atoms with van der Waals surface area (Å²) in [7, 11) is -1.77. The largest absolute Gasteiger partial charge is 0.399 e. The van der Waals surface area contributed by atoms with Crippen LogP contribution in [0.5, 0.6) is 0 Å². The Balaban J connectivity index is 2.24. The smallest absolute Gasteiger partial charge is 0.238 e. The summed E-state index contributed by atoms with van der Waals surface area (Å²) in [6, 6.07) is 4.72. The van der Waals surface area contributed by atoms with Crippen LogP contribution in [-0.2, 0) is 10.0 Å². The molecule has 1 fully saturated rings. The Labute approximate surface area is 108 Å². The van der Waals surface area contributed by atoms with Crippen LogP contribution in [0, 0.1) is 11.8 Å². The van der Waals surface area contributed by atoms with E-state index in [1.807, 2.05) is 11.9 Å². The van der Waals surface area contributed by atoms with Crippen LogP contribution in [0.25, 0.3) is 0 Å². The van der Waals surface area contributed by atoms with Crippen LogP contribution < -0.4 is 15.8 Å². The minimum Gasteiger partial charge on any atom is -0.399 e. The van der Waals surface area contributed by atoms with E-state index in [0.717, 1.165) is 18.2 Å². The fourth-order valence-electron chi connectivity index (χ4n) is 2.10. The van der Waals surface area contributed by atoms with E-state index in [9.17, 15) is 8.42 Å². The van der Waals surface area contributed by atoms with Crippen molar-refractivity contribution in [2.24, 2.45) is 17.0 Å². The molecular formula is C12H19N3O2S. The van der Waals surface area contributed by atoms with Gasteiger partial charge in [0.1, 0.15) is 0 Å². The van der Waals surface area contributed by atoms with Gasteiger partial charge in [0, 0.05) is 25.0 Å². The van der Waals surface area contributed by atoms with Crippen LogP contribution in [-0.4, -0.2) is 22.0 Å². The van der Waals surface area contributed by atoms with Gasteiger partial charge in [0.25, 0.3) is 0 Å². The molecule has 1 saturated carbocycles. The number of nitrogens with zero attached hydrogens (tertiary/aromatic N) is 1. The highest BCUT2D eigenvalue weighted by Crippen LogP contribution is 2.39. The van der Waals surface area contributed by atoms with Crippen molar-refractivity contribution < 1.29 is 8.42 Å². The number of hydrogen-bond donors (Lipinski definition) is 2. The fraction of sp³-hybridized carbons (Fsp3) is 0.500. The van der Waals surface area contributed by atoms with Crippen molar-refractivity contribution in [1.82, 2.24) is 0 Å². The van der Waals surface area contributed by atoms with Crippen molar-refractivity contribution >= 4 is 21.4 Å². The predicted molar refractivity (Wildman–Crippen MR) is 72.8 cm³/mol. The third kappa shape index (κ3) is 2.94. The van der Waals surface area contributed by atoms with E-state index in [0.29, 0.717) is 11.6 Å². The molecule has 2 unspecified atom stereocenters. The number of nitrogen functional groups attached to an aromatic ring is 1. The quantitative estimate of drug-likeness (QED) is 0.798. The molecule has 100 valence electrons. The van der Waals surface area contributed by atoms with E-state index in [-0.39, 0.29) is 4.90 Å². The van der Waals surface area contributed by atoms with E-state index in [1.165, 1.54) is 12.5 Å². The van der Waals surface area contributed by atoms with E-state index in [2.05, 4.69) is 6.92 Å². The molecule has 5 nitrogen and oxygen atoms in total. The minimum atomic E-state index is -3.71. The third-order valence-electron chi connectivity index (χ3n) is 3.47. The highest BCUT2D eigenvalue weighted by atomic mass is 32.2. The van der Waals surface area contributed by atoms with E-state index < -0.39 is 10.0 Å². The maximum absolute atomic E-state index is 11.4. The van der Waals surface area contributed by atoms with Gasteiger partial charge in [-0.05, 0) is 36.5 Å². The number of benzene rings is 1. The van der Waals surface area contributed by atoms with Crippen molar-refractivity contribution in [3.05, 3.63) is 18.2 Å². The van der Waals surface area contributed by atoms with Gasteiger partial charge in [-0.1, -0.05) is 6.92 Å². The molecule has 1 aromatic carbocycles. The summed E-state index contributed by atoms with van der Waals surface area (Å²) >= 11 is 0. The highest BCUT2D eigenvalue weighted by molar-refractivity contribution is 7.89. The second-order valence-corrected chi connectivity index (χ2v) is 6.72. The Bertz CT molecular complexity index is 556. The predicted octanol–water partition coefficient (Wildman–Crippen LogP) is 1.01. The molecule has 6 heteroatoms. The van der Waals surface area contributed by atoms with Gasteiger partial charge in [0.15, 0.2) is 0 Å². The third-order valence-corrected chi connectivity index (χ3v) is 4.36. The van der Waals surface area contributed by atoms with Gasteiger partial charge in [-0.2, -0.15) is 0 Å². The average Bonchev–Trinajstić information content (AvgIpc) is 2.92. The molecule has 1 aliphatic rings. The van der Waals surface area contributed by atoms with Crippen molar-refractivity contribution in [3.63, 3.8) is 0 Å². The summed E-state index contributed by atoms with van der Waals surface area (Å²) < 4.78 is 22.7. The molecule has 0 radical (unpaired) electrons. The first kappa shape index (κ1) is 13.2. The number of nitrogens with two attached hydrogens (primary N) is 2. The molecule has 0 aliphatic heterocycles. The molecule has 18 heavy (non-hydrogen) atoms. The average molecular weight is 269 g/mol. The van der Waals surface area contributed by atoms with E-state index >= 15 is 0 Å². The first-order valence-electron chi connectivity index (χ1n) is 5.92. The topological polar surface area (TPSA) is 89.4 Å². The molecule has 0 amide bonds. The molecular weight excluding hydrogens is 250 g/mol. The van der Waals surface area contributed by atoms with Crippen LogP contribution in [0.4, 0.5) is 11.4 Å². The minimum absolute atomic E-state index is 0.0631. The fourth-order valence-corrected chi connectivity index (χ4v) is 2.69. The lowest BCUT2D eigenvalue weighted by atomic mass is 10.2. The standard InChI is InChI=1S/C12H19N3O2S/c1-8-3-9(8)7-15(2)11-4-10(13)5-12(6-11)18(14,16)17/h4-6,8-9H,3,7,13H2,1-2H3,(H2,14,16,17). The van der Waals surface area contributed by atoms with Gasteiger partial charge in [0.05, 0.1) is 4.90 Å². The Morgan fingerprint density at radius 3 is 2.50 bits per heavy atom. The van der Waals surface area contributed by atoms with Crippen molar-refractivity contribution in [2.75, 3.05) is 24.2 Å². The highest BCUT2D eigenvalue weighted by Gasteiger charge is 2.33. The molecule has 0 bridgehead atoms. The van der Waals surface area contributed by atoms with Gasteiger partial charge >= 0.3 is 0 Å². The second kappa shape index (κ2) is 4.44. The Morgan fingerprint density at radius 2 is 2.00 bits per heavy atom. The lowest BCUT2D eigenvalue weighted by Crippen LogP contribution is -2.21. The van der Waals surface area contributed by atoms with Crippen LogP contribution in [0.15, 0.2) is 23.1 Å². The molecule has 0 saturated heterocycles. The van der Waals surface area contributed by atoms with E-state index in [4.69, 9.17) is 10.9 Å². The maximum Gasteiger partial charge on any atom is 0.238 e. The molecule has 1 aromatic rings. The monoisotopic (exact) mass is 269 g/mol. The lowest BCUT2D eigenvalue weighted by molar-refractivity contribution is 0.598. The number of rotatable bonds is 4. The zero-order valence-electron chi connectivity index (χ0n) is 10.6. The van der Waals surface area contributed by atoms with Crippen LogP contribution in [0.2, 0.25) is 0 Å². The molecule has 0 aromatic heterocycles. The molecule has 4 N–H and O–H groups in total. The number of hydrogen-bond acceptors (Lipinski definition) is 4. The molecule has 2 rings (SSSR count). The number of anilines is 2. The zero-order chi connectivity index (χ0) is 13.5. The van der Waals surface area contributed by atoms with Gasteiger partial charge in [-0.15, -0.1) is 0 Å². The molecule has 0 spiro atoms. The van der Waals surface area contributed by atoms with Crippen LogP contribution in [0.3, 0.4) is 0 Å². The van der Waals surface area contributed by atoms with Crippen LogP contribution in [0.1, 0.15) is 13.3 Å².